The van der Waals surface area contributed by atoms with Gasteiger partial charge in [0, 0.05) is 33.3 Å². The first-order chi connectivity index (χ1) is 30.9. The molecule has 7 N–H and O–H groups in total. The van der Waals surface area contributed by atoms with Crippen molar-refractivity contribution in [1.82, 2.24) is 19.9 Å². The van der Waals surface area contributed by atoms with Gasteiger partial charge in [-0.2, -0.15) is 16.8 Å². The molecular formula is C44H28F6MnN6O7S2+3. The first-order valence-electron chi connectivity index (χ1n) is 18.6. The van der Waals surface area contributed by atoms with Gasteiger partial charge in [0.25, 0.3) is 20.2 Å². The fourth-order valence-electron chi connectivity index (χ4n) is 7.45. The minimum absolute atomic E-state index is 0. The van der Waals surface area contributed by atoms with Gasteiger partial charge in [-0.1, -0.05) is 24.0 Å². The maximum Gasteiger partial charge on any atom is 3.00 e. The van der Waals surface area contributed by atoms with Crippen molar-refractivity contribution in [2.75, 3.05) is 30.8 Å². The summed E-state index contributed by atoms with van der Waals surface area (Å²) in [6, 6.07) is 12.5. The molecule has 1 aliphatic heterocycles. The van der Waals surface area contributed by atoms with Crippen LogP contribution in [0.3, 0.4) is 0 Å². The Kier molecular flexibility index (Phi) is 12.5. The smallest absolute Gasteiger partial charge is 0.497 e. The van der Waals surface area contributed by atoms with Crippen LogP contribution < -0.4 is 15.4 Å². The number of halogens is 6. The molecule has 0 unspecified atom stereocenters. The molecule has 13 nitrogen and oxygen atoms in total. The number of aromatic nitrogens is 4. The zero-order valence-corrected chi connectivity index (χ0v) is 36.2. The second-order valence-corrected chi connectivity index (χ2v) is 16.8. The van der Waals surface area contributed by atoms with E-state index in [1.54, 1.807) is 24.3 Å². The number of hydrogen-bond donors (Lipinski definition) is 7. The van der Waals surface area contributed by atoms with E-state index < -0.39 is 116 Å². The predicted molar refractivity (Wildman–Crippen MR) is 232 cm³/mol. The van der Waals surface area contributed by atoms with Gasteiger partial charge in [-0.05, 0) is 66.2 Å². The Morgan fingerprint density at radius 3 is 1.67 bits per heavy atom. The van der Waals surface area contributed by atoms with Gasteiger partial charge in [0.05, 0.1) is 64.9 Å². The van der Waals surface area contributed by atoms with E-state index in [0.717, 1.165) is 18.2 Å². The van der Waals surface area contributed by atoms with Crippen molar-refractivity contribution in [2.45, 2.75) is 9.79 Å². The summed E-state index contributed by atoms with van der Waals surface area (Å²) in [6.07, 6.45) is 13.2. The van der Waals surface area contributed by atoms with E-state index in [9.17, 15) is 25.9 Å². The Balaban J connectivity index is 0.00000648. The van der Waals surface area contributed by atoms with Crippen LogP contribution in [0.15, 0.2) is 70.5 Å². The Morgan fingerprint density at radius 1 is 0.621 bits per heavy atom. The topological polar surface area (TPSA) is 202 Å². The van der Waals surface area contributed by atoms with Crippen molar-refractivity contribution < 1.29 is 74.1 Å². The first kappa shape index (κ1) is 46.8. The van der Waals surface area contributed by atoms with Crippen LogP contribution in [0.4, 0.5) is 37.7 Å². The van der Waals surface area contributed by atoms with Gasteiger partial charge in [0.2, 0.25) is 0 Å². The molecule has 0 aliphatic carbocycles. The molecule has 7 aromatic rings. The maximum atomic E-state index is 16.4. The molecule has 8 bridgehead atoms. The second-order valence-electron chi connectivity index (χ2n) is 14.1. The number of nitrogens with zero attached hydrogens (tertiary/aromatic N) is 1. The van der Waals surface area contributed by atoms with Crippen LogP contribution in [-0.2, 0) is 37.3 Å². The van der Waals surface area contributed by atoms with E-state index in [1.807, 2.05) is 5.92 Å². The number of terminal acetylenes is 2. The van der Waals surface area contributed by atoms with Gasteiger partial charge in [-0.3, -0.25) is 9.11 Å². The van der Waals surface area contributed by atoms with Gasteiger partial charge >= 0.3 is 17.1 Å². The molecule has 5 heterocycles. The van der Waals surface area contributed by atoms with Gasteiger partial charge in [0.1, 0.15) is 21.2 Å². The van der Waals surface area contributed by atoms with Crippen molar-refractivity contribution in [1.29, 1.82) is 0 Å². The summed E-state index contributed by atoms with van der Waals surface area (Å²) < 4.78 is 176. The largest absolute Gasteiger partial charge is 3.00 e. The molecule has 8 rings (SSSR count). The number of aromatic amines is 3. The zero-order valence-electron chi connectivity index (χ0n) is 33.3. The summed E-state index contributed by atoms with van der Waals surface area (Å²) in [5, 5.41) is 4.60. The van der Waals surface area contributed by atoms with Gasteiger partial charge in [-0.25, -0.2) is 31.3 Å². The van der Waals surface area contributed by atoms with Crippen LogP contribution in [0.2, 0.25) is 0 Å². The molecule has 22 heteroatoms. The van der Waals surface area contributed by atoms with Crippen LogP contribution in [0.1, 0.15) is 11.4 Å². The SMILES string of the molecule is C#CCNc1ccc(-c2c3nc(c(-c4ccc(OC)cc4)c4ccc([nH]4)c(-c4c(F)c(F)c(NCC#C)c(F)c4F)c4cc(S(=O)(=O)O)c([nH]4)c4[nH]c2cc4S(=O)(=O)O)C=C3)c(F)c1F.[Mn+3]. The number of rotatable bonds is 10. The summed E-state index contributed by atoms with van der Waals surface area (Å²) in [6.45, 7) is -0.764. The van der Waals surface area contributed by atoms with Gasteiger partial charge in [0.15, 0.2) is 34.9 Å². The average Bonchev–Trinajstić information content (AvgIpc) is 4.10. The maximum absolute atomic E-state index is 16.4. The molecule has 66 heavy (non-hydrogen) atoms. The van der Waals surface area contributed by atoms with Crippen LogP contribution in [0, 0.1) is 59.6 Å². The van der Waals surface area contributed by atoms with Crippen molar-refractivity contribution in [3.8, 4) is 63.8 Å². The number of H-pyrrole nitrogens is 3. The molecule has 1 aliphatic rings. The summed E-state index contributed by atoms with van der Waals surface area (Å²) in [5.74, 6) is -6.15. The van der Waals surface area contributed by atoms with Crippen LogP contribution in [0.25, 0.3) is 78.6 Å². The number of hydrogen-bond acceptors (Lipinski definition) is 8. The molecular weight excluding hydrogens is 958 g/mol. The third-order valence-corrected chi connectivity index (χ3v) is 12.0. The molecule has 3 aromatic carbocycles. The summed E-state index contributed by atoms with van der Waals surface area (Å²) in [5.41, 5.74) is -7.39. The zero-order chi connectivity index (χ0) is 46.7. The van der Waals surface area contributed by atoms with Crippen LogP contribution >= 0.6 is 0 Å². The number of fused-ring (bicyclic) bond motifs is 9. The van der Waals surface area contributed by atoms with Crippen molar-refractivity contribution in [2.24, 2.45) is 0 Å². The van der Waals surface area contributed by atoms with E-state index in [4.69, 9.17) is 22.6 Å². The number of nitrogens with one attached hydrogen (secondary N) is 5. The van der Waals surface area contributed by atoms with E-state index >= 15 is 26.3 Å². The molecule has 0 atom stereocenters. The molecule has 0 spiro atoms. The fraction of sp³-hybridized carbons (Fsp3) is 0.0682. The standard InChI is InChI=1S/C44H28F6N6O7S2.Mn/c1-4-16-51-27-11-10-22(36(45)37(27)46)33-25-14-12-23(53-25)32(20-6-8-21(63-3)9-7-20)24-13-15-26(54-24)34(35-38(47)40(49)44(52-17-5-2)41(50)39(35)48)29-19-31(65(60,61)62)43(56-29)42-30(64(57,58)59)18-28(33)55-42;/h1-2,6-15,18-19,51-52,54-56H,16-17H2,3H3,(H,57,58,59)(H,60,61,62);/q;+3. The van der Waals surface area contributed by atoms with Crippen molar-refractivity contribution in [3.63, 3.8) is 0 Å². The molecule has 0 saturated carbocycles. The van der Waals surface area contributed by atoms with Gasteiger partial charge in [-0.15, -0.1) is 12.8 Å². The minimum Gasteiger partial charge on any atom is -0.497 e. The minimum atomic E-state index is -5.52. The van der Waals surface area contributed by atoms with Crippen molar-refractivity contribution in [3.05, 3.63) is 107 Å². The van der Waals surface area contributed by atoms with Crippen molar-refractivity contribution >= 4 is 76.9 Å². The quantitative estimate of drug-likeness (QED) is 0.0228. The Labute approximate surface area is 380 Å². The normalized spacial score (nSPS) is 11.9. The molecule has 0 radical (unpaired) electrons. The number of anilines is 2. The molecule has 4 aromatic heterocycles. The number of ether oxygens (including phenoxy) is 1. The molecule has 0 amide bonds. The van der Waals surface area contributed by atoms with E-state index in [1.165, 1.54) is 31.4 Å². The monoisotopic (exact) mass is 985 g/mol. The molecule has 334 valence electrons. The third kappa shape index (κ3) is 8.11. The third-order valence-electron chi connectivity index (χ3n) is 10.3. The van der Waals surface area contributed by atoms with Gasteiger partial charge < -0.3 is 30.3 Å². The second kappa shape index (κ2) is 17.7. The predicted octanol–water partition coefficient (Wildman–Crippen LogP) is 9.12. The summed E-state index contributed by atoms with van der Waals surface area (Å²) in [4.78, 5) is 10.4. The number of benzene rings is 3. The van der Waals surface area contributed by atoms with Crippen LogP contribution in [-0.4, -0.2) is 66.1 Å². The average molecular weight is 986 g/mol. The summed E-state index contributed by atoms with van der Waals surface area (Å²) >= 11 is 0. The molecule has 0 saturated heterocycles. The Morgan fingerprint density at radius 2 is 1.14 bits per heavy atom. The van der Waals surface area contributed by atoms with E-state index in [0.29, 0.717) is 17.4 Å². The fourth-order valence-corrected chi connectivity index (χ4v) is 8.81. The van der Waals surface area contributed by atoms with Crippen LogP contribution in [0.5, 0.6) is 5.75 Å². The summed E-state index contributed by atoms with van der Waals surface area (Å²) in [7, 11) is -9.56. The number of methoxy groups -OCH3 is 1. The van der Waals surface area contributed by atoms with E-state index in [2.05, 4.69) is 31.5 Å². The Bertz CT molecular complexity index is 3630. The Hall–Kier alpha value is -7.17. The van der Waals surface area contributed by atoms with E-state index in [-0.39, 0.29) is 62.8 Å². The molecule has 0 fully saturated rings. The first-order valence-corrected chi connectivity index (χ1v) is 21.5.